The summed E-state index contributed by atoms with van der Waals surface area (Å²) < 4.78 is 17.0. The third-order valence-corrected chi connectivity index (χ3v) is 6.01. The lowest BCUT2D eigenvalue weighted by atomic mass is 10.1. The van der Waals surface area contributed by atoms with E-state index in [-0.39, 0.29) is 0 Å². The van der Waals surface area contributed by atoms with E-state index < -0.39 is 0 Å². The van der Waals surface area contributed by atoms with Gasteiger partial charge in [-0.25, -0.2) is 4.98 Å². The summed E-state index contributed by atoms with van der Waals surface area (Å²) in [7, 11) is 0. The van der Waals surface area contributed by atoms with Gasteiger partial charge >= 0.3 is 0 Å². The van der Waals surface area contributed by atoms with Crippen LogP contribution in [0, 0.1) is 13.8 Å². The topological polar surface area (TPSA) is 59.4 Å². The highest BCUT2D eigenvalue weighted by atomic mass is 16.5. The van der Waals surface area contributed by atoms with E-state index >= 15 is 0 Å². The van der Waals surface area contributed by atoms with Gasteiger partial charge in [0.2, 0.25) is 5.88 Å². The van der Waals surface area contributed by atoms with E-state index in [1.807, 2.05) is 12.3 Å². The summed E-state index contributed by atoms with van der Waals surface area (Å²) in [6.45, 7) is 13.1. The molecule has 7 nitrogen and oxygen atoms in total. The normalized spacial score (nSPS) is 17.8. The molecule has 2 aliphatic rings. The largest absolute Gasteiger partial charge is 0.476 e. The number of pyridine rings is 1. The van der Waals surface area contributed by atoms with Gasteiger partial charge in [-0.2, -0.15) is 0 Å². The summed E-state index contributed by atoms with van der Waals surface area (Å²) in [6.07, 6.45) is 1.86. The number of ether oxygens (including phenoxy) is 3. The number of aromatic nitrogens is 1. The number of nitrogens with zero attached hydrogens (tertiary/aromatic N) is 4. The maximum Gasteiger partial charge on any atom is 0.215 e. The first-order valence-electron chi connectivity index (χ1n) is 11.5. The molecule has 0 radical (unpaired) electrons. The molecular weight excluding hydrogens is 404 g/mol. The summed E-state index contributed by atoms with van der Waals surface area (Å²) in [6, 6.07) is 10.6. The number of anilines is 1. The Bertz CT molecular complexity index is 906. The Morgan fingerprint density at radius 1 is 0.969 bits per heavy atom. The fraction of sp³-hybridized carbons (Fsp3) is 0.520. The van der Waals surface area contributed by atoms with Crippen LogP contribution in [0.4, 0.5) is 5.69 Å². The second kappa shape index (κ2) is 11.4. The van der Waals surface area contributed by atoms with Crippen LogP contribution in [-0.4, -0.2) is 81.9 Å². The Hall–Kier alpha value is -2.48. The Kier molecular flexibility index (Phi) is 8.09. The molecule has 32 heavy (non-hydrogen) atoms. The predicted molar refractivity (Wildman–Crippen MR) is 127 cm³/mol. The number of hydrogen-bond donors (Lipinski definition) is 0. The van der Waals surface area contributed by atoms with Crippen LogP contribution in [0.15, 0.2) is 35.3 Å². The van der Waals surface area contributed by atoms with Gasteiger partial charge in [0.15, 0.2) is 0 Å². The third kappa shape index (κ3) is 6.51. The Morgan fingerprint density at radius 3 is 2.47 bits per heavy atom. The number of morpholine rings is 2. The maximum absolute atomic E-state index is 6.06. The fourth-order valence-electron chi connectivity index (χ4n) is 3.91. The lowest BCUT2D eigenvalue weighted by Crippen LogP contribution is -2.38. The Morgan fingerprint density at radius 2 is 1.72 bits per heavy atom. The second-order valence-corrected chi connectivity index (χ2v) is 8.38. The molecule has 0 aliphatic carbocycles. The first-order chi connectivity index (χ1) is 15.7. The number of benzene rings is 1. The fourth-order valence-corrected chi connectivity index (χ4v) is 3.91. The van der Waals surface area contributed by atoms with Crippen molar-refractivity contribution in [1.29, 1.82) is 0 Å². The zero-order valence-electron chi connectivity index (χ0n) is 19.3. The number of rotatable bonds is 8. The molecule has 0 saturated carbocycles. The van der Waals surface area contributed by atoms with Crippen LogP contribution >= 0.6 is 0 Å². The molecule has 0 bridgehead atoms. The van der Waals surface area contributed by atoms with E-state index in [9.17, 15) is 0 Å². The standard InChI is InChI=1S/C25H34N4O3/c1-20-3-4-22(15-21(20)2)18-26-19-23-16-24(29-8-12-31-13-9-29)17-25(27-23)32-14-7-28-5-10-30-11-6-28/h3-4,15-17,19H,5-14,18H2,1-2H3. The van der Waals surface area contributed by atoms with Crippen LogP contribution in [0.3, 0.4) is 0 Å². The minimum absolute atomic E-state index is 0.610. The lowest BCUT2D eigenvalue weighted by Gasteiger charge is -2.29. The molecule has 172 valence electrons. The van der Waals surface area contributed by atoms with Crippen molar-refractivity contribution in [2.24, 2.45) is 4.99 Å². The number of hydrogen-bond acceptors (Lipinski definition) is 7. The van der Waals surface area contributed by atoms with Crippen molar-refractivity contribution in [2.75, 3.05) is 70.7 Å². The van der Waals surface area contributed by atoms with Gasteiger partial charge in [-0.1, -0.05) is 18.2 Å². The van der Waals surface area contributed by atoms with Crippen molar-refractivity contribution in [3.63, 3.8) is 0 Å². The first-order valence-corrected chi connectivity index (χ1v) is 11.5. The summed E-state index contributed by atoms with van der Waals surface area (Å²) in [4.78, 5) is 14.0. The minimum atomic E-state index is 0.610. The van der Waals surface area contributed by atoms with E-state index in [1.165, 1.54) is 16.7 Å². The monoisotopic (exact) mass is 438 g/mol. The van der Waals surface area contributed by atoms with E-state index in [1.54, 1.807) is 0 Å². The maximum atomic E-state index is 6.06. The van der Waals surface area contributed by atoms with E-state index in [2.05, 4.69) is 52.9 Å². The summed E-state index contributed by atoms with van der Waals surface area (Å²) >= 11 is 0. The first kappa shape index (κ1) is 22.7. The van der Waals surface area contributed by atoms with Crippen molar-refractivity contribution < 1.29 is 14.2 Å². The molecule has 3 heterocycles. The van der Waals surface area contributed by atoms with Crippen molar-refractivity contribution in [2.45, 2.75) is 20.4 Å². The lowest BCUT2D eigenvalue weighted by molar-refractivity contribution is 0.0320. The molecule has 1 aromatic heterocycles. The second-order valence-electron chi connectivity index (χ2n) is 8.38. The summed E-state index contributed by atoms with van der Waals surface area (Å²) in [5.74, 6) is 0.648. The summed E-state index contributed by atoms with van der Waals surface area (Å²) in [5, 5.41) is 0. The van der Waals surface area contributed by atoms with Gasteiger partial charge in [0.05, 0.1) is 38.7 Å². The quantitative estimate of drug-likeness (QED) is 0.591. The molecule has 2 aromatic rings. The van der Waals surface area contributed by atoms with Gasteiger partial charge < -0.3 is 19.1 Å². The smallest absolute Gasteiger partial charge is 0.215 e. The highest BCUT2D eigenvalue weighted by molar-refractivity contribution is 5.79. The molecule has 1 aromatic carbocycles. The molecule has 4 rings (SSSR count). The minimum Gasteiger partial charge on any atom is -0.476 e. The molecule has 2 aliphatic heterocycles. The molecule has 7 heteroatoms. The van der Waals surface area contributed by atoms with E-state index in [0.29, 0.717) is 19.0 Å². The van der Waals surface area contributed by atoms with Crippen LogP contribution in [0.2, 0.25) is 0 Å². The van der Waals surface area contributed by atoms with Gasteiger partial charge in [-0.15, -0.1) is 0 Å². The van der Waals surface area contributed by atoms with Gasteiger partial charge in [-0.3, -0.25) is 9.89 Å². The molecular formula is C25H34N4O3. The Labute approximate surface area is 191 Å². The van der Waals surface area contributed by atoms with Crippen molar-refractivity contribution in [3.8, 4) is 5.88 Å². The zero-order chi connectivity index (χ0) is 22.2. The van der Waals surface area contributed by atoms with Crippen LogP contribution in [0.1, 0.15) is 22.4 Å². The molecule has 0 N–H and O–H groups in total. The van der Waals surface area contributed by atoms with Crippen LogP contribution in [-0.2, 0) is 16.0 Å². The molecule has 0 atom stereocenters. The zero-order valence-corrected chi connectivity index (χ0v) is 19.3. The van der Waals surface area contributed by atoms with Gasteiger partial charge in [-0.05, 0) is 36.6 Å². The van der Waals surface area contributed by atoms with E-state index in [4.69, 9.17) is 19.2 Å². The van der Waals surface area contributed by atoms with E-state index in [0.717, 1.165) is 70.5 Å². The average Bonchev–Trinajstić information content (AvgIpc) is 2.83. The third-order valence-electron chi connectivity index (χ3n) is 6.01. The van der Waals surface area contributed by atoms with Gasteiger partial charge in [0.25, 0.3) is 0 Å². The van der Waals surface area contributed by atoms with Crippen molar-refractivity contribution >= 4 is 11.9 Å². The van der Waals surface area contributed by atoms with Crippen LogP contribution < -0.4 is 9.64 Å². The van der Waals surface area contributed by atoms with Crippen LogP contribution in [0.25, 0.3) is 0 Å². The Balaban J connectivity index is 1.44. The van der Waals surface area contributed by atoms with Gasteiger partial charge in [0, 0.05) is 50.7 Å². The number of aliphatic imine (C=N–C) groups is 1. The predicted octanol–water partition coefficient (Wildman–Crippen LogP) is 2.87. The molecule has 0 amide bonds. The van der Waals surface area contributed by atoms with Crippen molar-refractivity contribution in [3.05, 3.63) is 52.7 Å². The highest BCUT2D eigenvalue weighted by Crippen LogP contribution is 2.22. The SMILES string of the molecule is Cc1ccc(CN=Cc2cc(N3CCOCC3)cc(OCCN3CCOCC3)n2)cc1C. The average molecular weight is 439 g/mol. The van der Waals surface area contributed by atoms with Crippen molar-refractivity contribution in [1.82, 2.24) is 9.88 Å². The molecule has 0 unspecified atom stereocenters. The summed E-state index contributed by atoms with van der Waals surface area (Å²) in [5.41, 5.74) is 5.73. The molecule has 2 saturated heterocycles. The van der Waals surface area contributed by atoms with Crippen LogP contribution in [0.5, 0.6) is 5.88 Å². The van der Waals surface area contributed by atoms with Gasteiger partial charge in [0.1, 0.15) is 6.61 Å². The highest BCUT2D eigenvalue weighted by Gasteiger charge is 2.15. The number of aryl methyl sites for hydroxylation is 2. The molecule has 0 spiro atoms. The molecule has 2 fully saturated rings.